The summed E-state index contributed by atoms with van der Waals surface area (Å²) in [6, 6.07) is 8.66. The van der Waals surface area contributed by atoms with Crippen molar-refractivity contribution in [2.45, 2.75) is 77.3 Å². The van der Waals surface area contributed by atoms with Gasteiger partial charge in [0.25, 0.3) is 5.91 Å². The molecule has 7 heteroatoms. The average molecular weight is 437 g/mol. The van der Waals surface area contributed by atoms with E-state index in [-0.39, 0.29) is 34.7 Å². The van der Waals surface area contributed by atoms with Crippen LogP contribution in [-0.4, -0.2) is 33.4 Å². The van der Waals surface area contributed by atoms with E-state index in [9.17, 15) is 14.5 Å². The Morgan fingerprint density at radius 3 is 2.56 bits per heavy atom. The van der Waals surface area contributed by atoms with Crippen LogP contribution < -0.4 is 5.56 Å². The molecule has 0 N–H and O–H groups in total. The number of hydrogen-bond acceptors (Lipinski definition) is 5. The number of aromatic nitrogens is 2. The zero-order valence-corrected chi connectivity index (χ0v) is 19.4. The number of nitrogens with zero attached hydrogens (tertiary/aromatic N) is 4. The number of aryl methyl sites for hydroxylation is 1. The van der Waals surface area contributed by atoms with Crippen LogP contribution in [0.3, 0.4) is 0 Å². The van der Waals surface area contributed by atoms with E-state index in [1.165, 1.54) is 11.1 Å². The van der Waals surface area contributed by atoms with Crippen LogP contribution in [-0.2, 0) is 24.8 Å². The first-order valence-corrected chi connectivity index (χ1v) is 11.6. The number of carbonyl (C=O) groups excluding carboxylic acids is 1. The van der Waals surface area contributed by atoms with Crippen LogP contribution >= 0.6 is 0 Å². The summed E-state index contributed by atoms with van der Waals surface area (Å²) >= 11 is 0. The fourth-order valence-electron chi connectivity index (χ4n) is 5.55. The SMILES string of the molecule is CCc1cccc(C2(Cc3nc(=O)c(N=O)c4n3C[C@H](C(C)C)N(C)C4=O)CCCC2)c1. The molecule has 4 rings (SSSR count). The van der Waals surface area contributed by atoms with Crippen molar-refractivity contribution in [1.29, 1.82) is 0 Å². The van der Waals surface area contributed by atoms with Gasteiger partial charge < -0.3 is 9.47 Å². The molecule has 0 radical (unpaired) electrons. The fraction of sp³-hybridized carbons (Fsp3) is 0.560. The first-order chi connectivity index (χ1) is 15.3. The number of rotatable bonds is 6. The zero-order valence-electron chi connectivity index (χ0n) is 19.4. The van der Waals surface area contributed by atoms with Gasteiger partial charge in [0.15, 0.2) is 0 Å². The van der Waals surface area contributed by atoms with Crippen LogP contribution in [0.1, 0.15) is 73.9 Å². The van der Waals surface area contributed by atoms with Crippen molar-refractivity contribution in [3.63, 3.8) is 0 Å². The molecule has 0 bridgehead atoms. The summed E-state index contributed by atoms with van der Waals surface area (Å²) in [6.45, 7) is 6.80. The van der Waals surface area contributed by atoms with Crippen molar-refractivity contribution in [3.8, 4) is 0 Å². The molecule has 2 aliphatic rings. The van der Waals surface area contributed by atoms with Crippen LogP contribution in [0.25, 0.3) is 0 Å². The Hall–Kier alpha value is -2.83. The lowest BCUT2D eigenvalue weighted by Gasteiger charge is -2.39. The third-order valence-corrected chi connectivity index (χ3v) is 7.49. The Bertz CT molecular complexity index is 1100. The van der Waals surface area contributed by atoms with Crippen molar-refractivity contribution in [1.82, 2.24) is 14.5 Å². The highest BCUT2D eigenvalue weighted by atomic mass is 16.3. The molecular formula is C25H32N4O3. The van der Waals surface area contributed by atoms with E-state index in [1.807, 2.05) is 4.57 Å². The largest absolute Gasteiger partial charge is 0.335 e. The lowest BCUT2D eigenvalue weighted by Crippen LogP contribution is -2.50. The van der Waals surface area contributed by atoms with Gasteiger partial charge in [-0.15, -0.1) is 4.91 Å². The third kappa shape index (κ3) is 3.67. The first-order valence-electron chi connectivity index (χ1n) is 11.6. The van der Waals surface area contributed by atoms with E-state index in [0.717, 1.165) is 32.1 Å². The molecule has 32 heavy (non-hydrogen) atoms. The fourth-order valence-corrected chi connectivity index (χ4v) is 5.55. The molecule has 1 fully saturated rings. The Morgan fingerprint density at radius 2 is 1.94 bits per heavy atom. The van der Waals surface area contributed by atoms with E-state index in [0.29, 0.717) is 18.8 Å². The highest BCUT2D eigenvalue weighted by Gasteiger charge is 2.41. The van der Waals surface area contributed by atoms with E-state index in [2.05, 4.69) is 55.2 Å². The number of likely N-dealkylation sites (N-methyl/N-ethyl adjacent to an activating group) is 1. The normalized spacial score (nSPS) is 20.0. The van der Waals surface area contributed by atoms with Crippen LogP contribution in [0, 0.1) is 10.8 Å². The minimum Gasteiger partial charge on any atom is -0.335 e. The lowest BCUT2D eigenvalue weighted by molar-refractivity contribution is 0.0590. The van der Waals surface area contributed by atoms with E-state index in [4.69, 9.17) is 0 Å². The van der Waals surface area contributed by atoms with Gasteiger partial charge in [-0.1, -0.05) is 57.9 Å². The second kappa shape index (κ2) is 8.60. The summed E-state index contributed by atoms with van der Waals surface area (Å²) in [6.07, 6.45) is 5.81. The second-order valence-corrected chi connectivity index (χ2v) is 9.68. The van der Waals surface area contributed by atoms with Crippen molar-refractivity contribution < 1.29 is 4.79 Å². The lowest BCUT2D eigenvalue weighted by atomic mass is 9.75. The summed E-state index contributed by atoms with van der Waals surface area (Å²) in [4.78, 5) is 43.4. The molecule has 7 nitrogen and oxygen atoms in total. The Balaban J connectivity index is 1.87. The molecule has 2 aromatic rings. The quantitative estimate of drug-likeness (QED) is 0.630. The summed E-state index contributed by atoms with van der Waals surface area (Å²) in [5, 5.41) is 2.92. The summed E-state index contributed by atoms with van der Waals surface area (Å²) < 4.78 is 1.81. The molecule has 1 aromatic heterocycles. The summed E-state index contributed by atoms with van der Waals surface area (Å²) in [7, 11) is 1.73. The molecule has 0 saturated heterocycles. The van der Waals surface area contributed by atoms with Crippen molar-refractivity contribution in [3.05, 3.63) is 62.2 Å². The molecule has 1 atom stereocenters. The first kappa shape index (κ1) is 22.4. The van der Waals surface area contributed by atoms with Gasteiger partial charge in [0, 0.05) is 25.4 Å². The van der Waals surface area contributed by atoms with Gasteiger partial charge >= 0.3 is 5.56 Å². The number of amides is 1. The topological polar surface area (TPSA) is 84.6 Å². The van der Waals surface area contributed by atoms with E-state index in [1.54, 1.807) is 11.9 Å². The Labute approximate surface area is 188 Å². The maximum atomic E-state index is 13.2. The molecular weight excluding hydrogens is 404 g/mol. The smallest absolute Gasteiger partial charge is 0.303 e. The van der Waals surface area contributed by atoms with Gasteiger partial charge in [0.2, 0.25) is 5.69 Å². The van der Waals surface area contributed by atoms with Gasteiger partial charge in [0.1, 0.15) is 11.5 Å². The Kier molecular flexibility index (Phi) is 6.01. The minimum absolute atomic E-state index is 0.0412. The maximum Gasteiger partial charge on any atom is 0.303 e. The van der Waals surface area contributed by atoms with Crippen LogP contribution in [0.2, 0.25) is 0 Å². The maximum absolute atomic E-state index is 13.2. The number of nitroso groups, excluding NO2 is 1. The van der Waals surface area contributed by atoms with Gasteiger partial charge in [-0.2, -0.15) is 4.98 Å². The Morgan fingerprint density at radius 1 is 1.22 bits per heavy atom. The number of fused-ring (bicyclic) bond motifs is 1. The molecule has 2 heterocycles. The van der Waals surface area contributed by atoms with Gasteiger partial charge in [-0.05, 0) is 41.5 Å². The molecule has 1 aliphatic heterocycles. The summed E-state index contributed by atoms with van der Waals surface area (Å²) in [5.74, 6) is 0.478. The summed E-state index contributed by atoms with van der Waals surface area (Å²) in [5.41, 5.74) is 1.45. The van der Waals surface area contributed by atoms with Crippen molar-refractivity contribution in [2.75, 3.05) is 7.05 Å². The van der Waals surface area contributed by atoms with Gasteiger partial charge in [0.05, 0.1) is 6.04 Å². The van der Waals surface area contributed by atoms with Crippen molar-refractivity contribution >= 4 is 11.6 Å². The van der Waals surface area contributed by atoms with Crippen molar-refractivity contribution in [2.24, 2.45) is 11.1 Å². The zero-order chi connectivity index (χ0) is 23.0. The highest BCUT2D eigenvalue weighted by molar-refractivity contribution is 5.97. The second-order valence-electron chi connectivity index (χ2n) is 9.68. The monoisotopic (exact) mass is 436 g/mol. The van der Waals surface area contributed by atoms with E-state index < -0.39 is 5.56 Å². The van der Waals surface area contributed by atoms with Crippen LogP contribution in [0.4, 0.5) is 5.69 Å². The molecule has 0 unspecified atom stereocenters. The van der Waals surface area contributed by atoms with E-state index >= 15 is 0 Å². The molecule has 1 aromatic carbocycles. The number of carbonyl (C=O) groups is 1. The molecule has 1 saturated carbocycles. The minimum atomic E-state index is -0.707. The molecule has 0 spiro atoms. The third-order valence-electron chi connectivity index (χ3n) is 7.49. The average Bonchev–Trinajstić information content (AvgIpc) is 3.26. The number of benzene rings is 1. The number of hydrogen-bond donors (Lipinski definition) is 0. The van der Waals surface area contributed by atoms with Crippen LogP contribution in [0.15, 0.2) is 34.2 Å². The molecule has 1 aliphatic carbocycles. The highest BCUT2D eigenvalue weighted by Crippen LogP contribution is 2.44. The predicted molar refractivity (Wildman–Crippen MR) is 124 cm³/mol. The molecule has 1 amide bonds. The predicted octanol–water partition coefficient (Wildman–Crippen LogP) is 4.37. The molecule has 170 valence electrons. The van der Waals surface area contributed by atoms with Crippen LogP contribution in [0.5, 0.6) is 0 Å². The van der Waals surface area contributed by atoms with Gasteiger partial charge in [-0.25, -0.2) is 0 Å². The standard InChI is InChI=1S/C25H32N4O3/c1-5-17-9-8-10-18(13-17)25(11-6-7-12-25)14-20-26-23(30)21(27-32)22-24(31)28(4)19(16(2)3)15-29(20)22/h8-10,13,16,19H,5-7,11-12,14-15H2,1-4H3/t19-/m1/s1. The van der Waals surface area contributed by atoms with Gasteiger partial charge in [-0.3, -0.25) is 9.59 Å².